The second kappa shape index (κ2) is 8.10. The van der Waals surface area contributed by atoms with Gasteiger partial charge in [0.15, 0.2) is 5.78 Å². The van der Waals surface area contributed by atoms with Gasteiger partial charge in [0.05, 0.1) is 11.3 Å². The van der Waals surface area contributed by atoms with E-state index in [0.717, 1.165) is 0 Å². The van der Waals surface area contributed by atoms with E-state index in [1.807, 2.05) is 0 Å². The van der Waals surface area contributed by atoms with Gasteiger partial charge in [-0.2, -0.15) is 5.26 Å². The molecule has 3 aromatic rings. The van der Waals surface area contributed by atoms with Crippen LogP contribution in [0.3, 0.4) is 0 Å². The van der Waals surface area contributed by atoms with Crippen LogP contribution in [-0.2, 0) is 0 Å². The molecule has 0 spiro atoms. The monoisotopic (exact) mass is 371 g/mol. The van der Waals surface area contributed by atoms with E-state index in [1.165, 1.54) is 6.92 Å². The molecule has 0 atom stereocenters. The van der Waals surface area contributed by atoms with Crippen LogP contribution in [0.25, 0.3) is 0 Å². The number of Topliss-reactive ketones (excluding diaryl/α,β-unsaturated/α-hetero) is 1. The lowest BCUT2D eigenvalue weighted by atomic mass is 10.1. The number of hydrogen-bond donors (Lipinski definition) is 2. The molecule has 1 aromatic heterocycles. The molecule has 0 bridgehead atoms. The zero-order valence-electron chi connectivity index (χ0n) is 15.4. The molecule has 138 valence electrons. The highest BCUT2D eigenvalue weighted by atomic mass is 16.2. The fraction of sp³-hybridized carbons (Fsp3) is 0.0952. The Morgan fingerprint density at radius 3 is 2.43 bits per heavy atom. The Labute approximate surface area is 162 Å². The molecule has 0 saturated carbocycles. The summed E-state index contributed by atoms with van der Waals surface area (Å²) in [6.45, 7) is 3.23. The van der Waals surface area contributed by atoms with Crippen molar-refractivity contribution in [3.63, 3.8) is 0 Å². The number of carbonyl (C=O) groups is 2. The van der Waals surface area contributed by atoms with Gasteiger partial charge in [0.2, 0.25) is 5.95 Å². The number of nitrogens with one attached hydrogen (secondary N) is 2. The molecule has 0 aliphatic heterocycles. The van der Waals surface area contributed by atoms with Gasteiger partial charge in [-0.25, -0.2) is 9.97 Å². The summed E-state index contributed by atoms with van der Waals surface area (Å²) < 4.78 is 0. The Balaban J connectivity index is 1.81. The van der Waals surface area contributed by atoms with E-state index in [2.05, 4.69) is 26.7 Å². The number of nitrogens with zero attached hydrogens (tertiary/aromatic N) is 3. The molecule has 0 aliphatic carbocycles. The lowest BCUT2D eigenvalue weighted by molar-refractivity contribution is 0.101. The fourth-order valence-corrected chi connectivity index (χ4v) is 2.53. The van der Waals surface area contributed by atoms with Crippen LogP contribution in [0.15, 0.2) is 54.6 Å². The van der Waals surface area contributed by atoms with Gasteiger partial charge in [0.1, 0.15) is 11.8 Å². The van der Waals surface area contributed by atoms with Crippen molar-refractivity contribution >= 4 is 29.0 Å². The van der Waals surface area contributed by atoms with Gasteiger partial charge in [-0.3, -0.25) is 9.59 Å². The first kappa shape index (κ1) is 18.7. The first-order valence-corrected chi connectivity index (χ1v) is 8.50. The highest BCUT2D eigenvalue weighted by Gasteiger charge is 2.12. The maximum absolute atomic E-state index is 12.6. The Kier molecular flexibility index (Phi) is 5.42. The maximum atomic E-state index is 12.6. The standard InChI is InChI=1S/C21H17N5O2/c1-13-11-19(20(28)24-17-9-7-15(8-10-17)14(2)27)26-21(23-13)25-18-6-4-3-5-16(18)12-22/h3-11H,1-2H3,(H,24,28)(H,23,25,26). The predicted molar refractivity (Wildman–Crippen MR) is 106 cm³/mol. The summed E-state index contributed by atoms with van der Waals surface area (Å²) in [5.41, 5.74) is 2.91. The quantitative estimate of drug-likeness (QED) is 0.660. The van der Waals surface area contributed by atoms with Crippen molar-refractivity contribution < 1.29 is 9.59 Å². The van der Waals surface area contributed by atoms with Crippen molar-refractivity contribution in [3.05, 3.63) is 77.1 Å². The number of anilines is 3. The van der Waals surface area contributed by atoms with Crippen molar-refractivity contribution in [3.8, 4) is 6.07 Å². The van der Waals surface area contributed by atoms with E-state index >= 15 is 0 Å². The first-order valence-electron chi connectivity index (χ1n) is 8.50. The Hall–Kier alpha value is -4.05. The molecule has 1 heterocycles. The normalized spacial score (nSPS) is 10.0. The number of rotatable bonds is 5. The molecule has 0 aliphatic rings. The molecule has 28 heavy (non-hydrogen) atoms. The Bertz CT molecular complexity index is 1080. The largest absolute Gasteiger partial charge is 0.323 e. The summed E-state index contributed by atoms with van der Waals surface area (Å²) in [5.74, 6) is -0.227. The Morgan fingerprint density at radius 2 is 1.75 bits per heavy atom. The van der Waals surface area contributed by atoms with Crippen LogP contribution in [0.4, 0.5) is 17.3 Å². The van der Waals surface area contributed by atoms with Crippen LogP contribution in [0.1, 0.15) is 39.0 Å². The molecular formula is C21H17N5O2. The van der Waals surface area contributed by atoms with Crippen LogP contribution in [-0.4, -0.2) is 21.7 Å². The van der Waals surface area contributed by atoms with Gasteiger partial charge >= 0.3 is 0 Å². The fourth-order valence-electron chi connectivity index (χ4n) is 2.53. The van der Waals surface area contributed by atoms with Crippen LogP contribution < -0.4 is 10.6 Å². The molecule has 2 N–H and O–H groups in total. The minimum atomic E-state index is -0.405. The van der Waals surface area contributed by atoms with E-state index < -0.39 is 5.91 Å². The summed E-state index contributed by atoms with van der Waals surface area (Å²) in [6, 6.07) is 17.2. The van der Waals surface area contributed by atoms with Gasteiger partial charge in [-0.15, -0.1) is 0 Å². The third kappa shape index (κ3) is 4.37. The number of amides is 1. The maximum Gasteiger partial charge on any atom is 0.274 e. The van der Waals surface area contributed by atoms with E-state index in [4.69, 9.17) is 0 Å². The molecule has 0 fully saturated rings. The molecule has 0 saturated heterocycles. The summed E-state index contributed by atoms with van der Waals surface area (Å²) in [6.07, 6.45) is 0. The number of benzene rings is 2. The summed E-state index contributed by atoms with van der Waals surface area (Å²) >= 11 is 0. The smallest absolute Gasteiger partial charge is 0.274 e. The van der Waals surface area contributed by atoms with Gasteiger partial charge < -0.3 is 10.6 Å². The molecule has 3 rings (SSSR count). The van der Waals surface area contributed by atoms with Gasteiger partial charge in [-0.05, 0) is 56.3 Å². The molecule has 2 aromatic carbocycles. The Morgan fingerprint density at radius 1 is 1.04 bits per heavy atom. The number of carbonyl (C=O) groups excluding carboxylic acids is 2. The van der Waals surface area contributed by atoms with Gasteiger partial charge in [0.25, 0.3) is 5.91 Å². The molecule has 7 heteroatoms. The minimum absolute atomic E-state index is 0.0438. The lowest BCUT2D eigenvalue weighted by Gasteiger charge is -2.10. The van der Waals surface area contributed by atoms with Crippen molar-refractivity contribution in [2.75, 3.05) is 10.6 Å². The van der Waals surface area contributed by atoms with Crippen LogP contribution in [0, 0.1) is 18.3 Å². The number of para-hydroxylation sites is 1. The molecule has 0 radical (unpaired) electrons. The van der Waals surface area contributed by atoms with Gasteiger partial charge in [-0.1, -0.05) is 12.1 Å². The second-order valence-electron chi connectivity index (χ2n) is 6.09. The molecule has 0 unspecified atom stereocenters. The number of ketones is 1. The minimum Gasteiger partial charge on any atom is -0.323 e. The highest BCUT2D eigenvalue weighted by Crippen LogP contribution is 2.19. The number of hydrogen-bond acceptors (Lipinski definition) is 6. The van der Waals surface area contributed by atoms with Crippen LogP contribution in [0.2, 0.25) is 0 Å². The van der Waals surface area contributed by atoms with Crippen LogP contribution in [0.5, 0.6) is 0 Å². The highest BCUT2D eigenvalue weighted by molar-refractivity contribution is 6.03. The van der Waals surface area contributed by atoms with E-state index in [1.54, 1.807) is 61.5 Å². The summed E-state index contributed by atoms with van der Waals surface area (Å²) in [5, 5.41) is 14.9. The van der Waals surface area contributed by atoms with Crippen molar-refractivity contribution in [2.24, 2.45) is 0 Å². The number of aryl methyl sites for hydroxylation is 1. The summed E-state index contributed by atoms with van der Waals surface area (Å²) in [4.78, 5) is 32.4. The zero-order valence-corrected chi connectivity index (χ0v) is 15.4. The SMILES string of the molecule is CC(=O)c1ccc(NC(=O)c2cc(C)nc(Nc3ccccc3C#N)n2)cc1. The first-order chi connectivity index (χ1) is 13.5. The van der Waals surface area contributed by atoms with Crippen molar-refractivity contribution in [1.29, 1.82) is 5.26 Å². The van der Waals surface area contributed by atoms with E-state index in [9.17, 15) is 14.9 Å². The third-order valence-electron chi connectivity index (χ3n) is 3.93. The lowest BCUT2D eigenvalue weighted by Crippen LogP contribution is -2.15. The van der Waals surface area contributed by atoms with Crippen molar-refractivity contribution in [1.82, 2.24) is 9.97 Å². The summed E-state index contributed by atoms with van der Waals surface area (Å²) in [7, 11) is 0. The third-order valence-corrected chi connectivity index (χ3v) is 3.93. The predicted octanol–water partition coefficient (Wildman–Crippen LogP) is 3.86. The van der Waals surface area contributed by atoms with Crippen molar-refractivity contribution in [2.45, 2.75) is 13.8 Å². The average Bonchev–Trinajstić information content (AvgIpc) is 2.68. The second-order valence-corrected chi connectivity index (χ2v) is 6.09. The molecule has 7 nitrogen and oxygen atoms in total. The van der Waals surface area contributed by atoms with E-state index in [-0.39, 0.29) is 17.4 Å². The molecular weight excluding hydrogens is 354 g/mol. The average molecular weight is 371 g/mol. The van der Waals surface area contributed by atoms with Crippen LogP contribution >= 0.6 is 0 Å². The molecule has 1 amide bonds. The number of aromatic nitrogens is 2. The van der Waals surface area contributed by atoms with Gasteiger partial charge in [0, 0.05) is 16.9 Å². The number of nitriles is 1. The van der Waals surface area contributed by atoms with E-state index in [0.29, 0.717) is 28.2 Å². The topological polar surface area (TPSA) is 108 Å². The zero-order chi connectivity index (χ0) is 20.1.